The van der Waals surface area contributed by atoms with Crippen molar-refractivity contribution < 1.29 is 4.79 Å². The quantitative estimate of drug-likeness (QED) is 0.549. The minimum Gasteiger partial charge on any atom is -0.341 e. The normalized spacial score (nSPS) is 21.1. The molecule has 0 radical (unpaired) electrons. The summed E-state index contributed by atoms with van der Waals surface area (Å²) in [6.07, 6.45) is 8.67. The predicted octanol–water partition coefficient (Wildman–Crippen LogP) is 0.858. The Morgan fingerprint density at radius 2 is 2.47 bits per heavy atom. The molecule has 84 valence electrons. The number of carbonyl (C=O) groups is 1. The van der Waals surface area contributed by atoms with Gasteiger partial charge in [-0.25, -0.2) is 0 Å². The van der Waals surface area contributed by atoms with Crippen LogP contribution in [-0.4, -0.2) is 37.0 Å². The summed E-state index contributed by atoms with van der Waals surface area (Å²) in [6, 6.07) is 0. The summed E-state index contributed by atoms with van der Waals surface area (Å²) in [6.45, 7) is 4.87. The van der Waals surface area contributed by atoms with Crippen LogP contribution < -0.4 is 5.32 Å². The van der Waals surface area contributed by atoms with E-state index in [1.54, 1.807) is 0 Å². The van der Waals surface area contributed by atoms with E-state index in [-0.39, 0.29) is 5.91 Å². The molecule has 0 aromatic heterocycles. The molecule has 3 heteroatoms. The molecule has 1 unspecified atom stereocenters. The van der Waals surface area contributed by atoms with Crippen molar-refractivity contribution in [3.63, 3.8) is 0 Å². The molecule has 1 N–H and O–H groups in total. The number of carbonyl (C=O) groups excluding carboxylic acids is 1. The van der Waals surface area contributed by atoms with Crippen LogP contribution >= 0.6 is 0 Å². The maximum Gasteiger partial charge on any atom is 0.236 e. The molecule has 0 aromatic carbocycles. The van der Waals surface area contributed by atoms with Gasteiger partial charge in [0.25, 0.3) is 0 Å². The van der Waals surface area contributed by atoms with E-state index in [4.69, 9.17) is 6.42 Å². The molecule has 1 fully saturated rings. The molecule has 0 aliphatic carbocycles. The zero-order valence-electron chi connectivity index (χ0n) is 9.46. The van der Waals surface area contributed by atoms with Gasteiger partial charge in [-0.05, 0) is 18.8 Å². The Labute approximate surface area is 92.2 Å². The van der Waals surface area contributed by atoms with Crippen LogP contribution in [0.25, 0.3) is 0 Å². The van der Waals surface area contributed by atoms with E-state index in [9.17, 15) is 4.79 Å². The van der Waals surface area contributed by atoms with E-state index in [0.717, 1.165) is 19.5 Å². The third-order valence-electron chi connectivity index (χ3n) is 2.95. The number of terminal acetylenes is 1. The average Bonchev–Trinajstić information content (AvgIpc) is 2.29. The third-order valence-corrected chi connectivity index (χ3v) is 2.95. The molecule has 1 saturated heterocycles. The lowest BCUT2D eigenvalue weighted by Gasteiger charge is -2.32. The van der Waals surface area contributed by atoms with Gasteiger partial charge < -0.3 is 4.90 Å². The number of piperidine rings is 1. The van der Waals surface area contributed by atoms with E-state index >= 15 is 0 Å². The Bertz CT molecular complexity index is 244. The molecular weight excluding hydrogens is 188 g/mol. The molecule has 1 heterocycles. The number of nitrogens with zero attached hydrogens (tertiary/aromatic N) is 1. The summed E-state index contributed by atoms with van der Waals surface area (Å²) in [4.78, 5) is 13.7. The Morgan fingerprint density at radius 1 is 1.67 bits per heavy atom. The predicted molar refractivity (Wildman–Crippen MR) is 61.3 cm³/mol. The van der Waals surface area contributed by atoms with Crippen LogP contribution in [-0.2, 0) is 4.79 Å². The highest BCUT2D eigenvalue weighted by molar-refractivity contribution is 5.78. The van der Waals surface area contributed by atoms with Gasteiger partial charge in [-0.2, -0.15) is 0 Å². The van der Waals surface area contributed by atoms with Crippen LogP contribution in [0.1, 0.15) is 26.2 Å². The Kier molecular flexibility index (Phi) is 5.20. The van der Waals surface area contributed by atoms with Gasteiger partial charge in [0.1, 0.15) is 0 Å². The van der Waals surface area contributed by atoms with Gasteiger partial charge >= 0.3 is 0 Å². The van der Waals surface area contributed by atoms with Crippen molar-refractivity contribution >= 4 is 5.91 Å². The highest BCUT2D eigenvalue weighted by Crippen LogP contribution is 2.18. The Hall–Kier alpha value is -1.01. The zero-order chi connectivity index (χ0) is 11.1. The molecule has 1 amide bonds. The second kappa shape index (κ2) is 6.47. The first kappa shape index (κ1) is 12.1. The van der Waals surface area contributed by atoms with Crippen molar-refractivity contribution in [3.05, 3.63) is 0 Å². The van der Waals surface area contributed by atoms with Crippen molar-refractivity contribution in [1.82, 2.24) is 10.2 Å². The molecule has 0 spiro atoms. The highest BCUT2D eigenvalue weighted by atomic mass is 16.2. The number of amides is 1. The lowest BCUT2D eigenvalue weighted by Crippen LogP contribution is -2.44. The summed E-state index contributed by atoms with van der Waals surface area (Å²) >= 11 is 0. The maximum atomic E-state index is 11.7. The van der Waals surface area contributed by atoms with Crippen LogP contribution in [0.4, 0.5) is 0 Å². The number of hydrogen-bond donors (Lipinski definition) is 1. The monoisotopic (exact) mass is 208 g/mol. The molecule has 0 bridgehead atoms. The molecule has 15 heavy (non-hydrogen) atoms. The second-order valence-corrected chi connectivity index (χ2v) is 4.06. The number of likely N-dealkylation sites (tertiary alicyclic amines) is 1. The van der Waals surface area contributed by atoms with Crippen molar-refractivity contribution in [3.8, 4) is 12.3 Å². The fourth-order valence-electron chi connectivity index (χ4n) is 1.98. The summed E-state index contributed by atoms with van der Waals surface area (Å²) < 4.78 is 0. The smallest absolute Gasteiger partial charge is 0.236 e. The molecule has 0 aromatic rings. The molecule has 1 aliphatic heterocycles. The molecule has 1 atom stereocenters. The summed E-state index contributed by atoms with van der Waals surface area (Å²) in [5.41, 5.74) is 0. The van der Waals surface area contributed by atoms with E-state index < -0.39 is 0 Å². The first-order valence-corrected chi connectivity index (χ1v) is 5.69. The largest absolute Gasteiger partial charge is 0.341 e. The first-order chi connectivity index (χ1) is 7.27. The molecule has 3 nitrogen and oxygen atoms in total. The van der Waals surface area contributed by atoms with Crippen molar-refractivity contribution in [2.45, 2.75) is 26.2 Å². The van der Waals surface area contributed by atoms with Gasteiger partial charge in [0.05, 0.1) is 13.1 Å². The van der Waals surface area contributed by atoms with Gasteiger partial charge in [-0.15, -0.1) is 6.42 Å². The second-order valence-electron chi connectivity index (χ2n) is 4.06. The SMILES string of the molecule is C#CCNCC(=O)N1CCCC(CC)C1. The van der Waals surface area contributed by atoms with Crippen molar-refractivity contribution in [2.75, 3.05) is 26.2 Å². The van der Waals surface area contributed by atoms with Crippen molar-refractivity contribution in [2.24, 2.45) is 5.92 Å². The highest BCUT2D eigenvalue weighted by Gasteiger charge is 2.21. The maximum absolute atomic E-state index is 11.7. The molecular formula is C12H20N2O. The average molecular weight is 208 g/mol. The van der Waals surface area contributed by atoms with E-state index in [1.165, 1.54) is 12.8 Å². The van der Waals surface area contributed by atoms with Gasteiger partial charge in [-0.3, -0.25) is 10.1 Å². The number of nitrogens with one attached hydrogen (secondary N) is 1. The van der Waals surface area contributed by atoms with Crippen LogP contribution in [0.5, 0.6) is 0 Å². The summed E-state index contributed by atoms with van der Waals surface area (Å²) in [5, 5.41) is 2.94. The zero-order valence-corrected chi connectivity index (χ0v) is 9.46. The minimum absolute atomic E-state index is 0.184. The number of rotatable bonds is 4. The molecule has 1 aliphatic rings. The lowest BCUT2D eigenvalue weighted by molar-refractivity contribution is -0.132. The van der Waals surface area contributed by atoms with E-state index in [0.29, 0.717) is 19.0 Å². The Morgan fingerprint density at radius 3 is 3.13 bits per heavy atom. The van der Waals surface area contributed by atoms with Crippen molar-refractivity contribution in [1.29, 1.82) is 0 Å². The van der Waals surface area contributed by atoms with Gasteiger partial charge in [0, 0.05) is 13.1 Å². The van der Waals surface area contributed by atoms with E-state index in [1.807, 2.05) is 4.90 Å². The Balaban J connectivity index is 2.29. The van der Waals surface area contributed by atoms with E-state index in [2.05, 4.69) is 18.2 Å². The molecule has 1 rings (SSSR count). The third kappa shape index (κ3) is 3.93. The summed E-state index contributed by atoms with van der Waals surface area (Å²) in [5.74, 6) is 3.34. The van der Waals surface area contributed by atoms with Gasteiger partial charge in [-0.1, -0.05) is 19.3 Å². The van der Waals surface area contributed by atoms with Crippen LogP contribution in [0.3, 0.4) is 0 Å². The first-order valence-electron chi connectivity index (χ1n) is 5.69. The van der Waals surface area contributed by atoms with Gasteiger partial charge in [0.2, 0.25) is 5.91 Å². The van der Waals surface area contributed by atoms with Crippen LogP contribution in [0.15, 0.2) is 0 Å². The van der Waals surface area contributed by atoms with Gasteiger partial charge in [0.15, 0.2) is 0 Å². The topological polar surface area (TPSA) is 32.3 Å². The standard InChI is InChI=1S/C12H20N2O/c1-3-7-13-9-12(15)14-8-5-6-11(4-2)10-14/h1,11,13H,4-10H2,2H3. The molecule has 0 saturated carbocycles. The van der Waals surface area contributed by atoms with Crippen LogP contribution in [0.2, 0.25) is 0 Å². The fraction of sp³-hybridized carbons (Fsp3) is 0.750. The lowest BCUT2D eigenvalue weighted by atomic mass is 9.96. The summed E-state index contributed by atoms with van der Waals surface area (Å²) in [7, 11) is 0. The fourth-order valence-corrected chi connectivity index (χ4v) is 1.98. The van der Waals surface area contributed by atoms with Crippen LogP contribution in [0, 0.1) is 18.3 Å². The minimum atomic E-state index is 0.184. The number of hydrogen-bond acceptors (Lipinski definition) is 2.